The fraction of sp³-hybridized carbons (Fsp3) is 0.222. The maximum Gasteiger partial charge on any atom is 0.252 e. The fourth-order valence-corrected chi connectivity index (χ4v) is 6.78. The number of methoxy groups -OCH3 is 1. The number of ether oxygens (including phenoxy) is 1. The van der Waals surface area contributed by atoms with E-state index in [0.717, 1.165) is 39.3 Å². The molecule has 0 radical (unpaired) electrons. The number of aryl methyl sites for hydroxylation is 3. The molecule has 0 bridgehead atoms. The van der Waals surface area contributed by atoms with E-state index in [1.54, 1.807) is 44.4 Å². The van der Waals surface area contributed by atoms with Crippen molar-refractivity contribution in [3.63, 3.8) is 0 Å². The van der Waals surface area contributed by atoms with Crippen LogP contribution in [-0.4, -0.2) is 33.6 Å². The van der Waals surface area contributed by atoms with Gasteiger partial charge in [-0.3, -0.25) is 4.79 Å². The molecular weight excluding hydrogens is 508 g/mol. The molecule has 5 rings (SSSR count). The minimum Gasteiger partial charge on any atom is -0.497 e. The lowest BCUT2D eigenvalue weighted by Gasteiger charge is -2.23. The number of aromatic nitrogens is 3. The number of sulfonamides is 1. The number of fused-ring (bicyclic) bond motifs is 2. The van der Waals surface area contributed by atoms with Crippen LogP contribution in [0.25, 0.3) is 21.9 Å². The summed E-state index contributed by atoms with van der Waals surface area (Å²) in [5.74, 6) is 0.670. The molecule has 0 saturated heterocycles. The molecular formula is C27H26N4O4S2. The molecule has 37 heavy (non-hydrogen) atoms. The minimum absolute atomic E-state index is 0.0596. The third-order valence-corrected chi connectivity index (χ3v) is 9.18. The van der Waals surface area contributed by atoms with Crippen LogP contribution in [0.15, 0.2) is 64.3 Å². The monoisotopic (exact) mass is 534 g/mol. The summed E-state index contributed by atoms with van der Waals surface area (Å²) in [5, 5.41) is 0.849. The number of nitrogens with one attached hydrogen (secondary N) is 1. The molecule has 190 valence electrons. The van der Waals surface area contributed by atoms with Gasteiger partial charge in [0.15, 0.2) is 0 Å². The van der Waals surface area contributed by atoms with Crippen LogP contribution in [0.2, 0.25) is 0 Å². The lowest BCUT2D eigenvalue weighted by atomic mass is 10.0. The molecule has 3 aromatic carbocycles. The summed E-state index contributed by atoms with van der Waals surface area (Å²) in [6.07, 6.45) is 0. The molecule has 0 aliphatic rings. The van der Waals surface area contributed by atoms with E-state index in [1.807, 2.05) is 38.1 Å². The molecule has 2 aromatic heterocycles. The van der Waals surface area contributed by atoms with Gasteiger partial charge >= 0.3 is 0 Å². The summed E-state index contributed by atoms with van der Waals surface area (Å²) >= 11 is 0.970. The quantitative estimate of drug-likeness (QED) is 0.320. The predicted molar refractivity (Wildman–Crippen MR) is 146 cm³/mol. The Morgan fingerprint density at radius 1 is 0.946 bits per heavy atom. The standard InChI is InChI=1S/C27H26N4O4S2/c1-16-5-9-20-13-21(27(32)28-24(20)18(16)3)15-31(14-19-7-10-22(35-4)11-8-19)37(33,34)26-17(2)6-12-23-25(26)30-36-29-23/h5-13H,14-15H2,1-4H3,(H,28,32). The zero-order valence-corrected chi connectivity index (χ0v) is 22.5. The van der Waals surface area contributed by atoms with Crippen LogP contribution >= 0.6 is 11.7 Å². The topological polar surface area (TPSA) is 105 Å². The smallest absolute Gasteiger partial charge is 0.252 e. The summed E-state index contributed by atoms with van der Waals surface area (Å²) in [5.41, 5.74) is 5.04. The number of benzene rings is 3. The zero-order valence-electron chi connectivity index (χ0n) is 20.9. The van der Waals surface area contributed by atoms with Crippen molar-refractivity contribution in [2.24, 2.45) is 0 Å². The van der Waals surface area contributed by atoms with Gasteiger partial charge in [-0.2, -0.15) is 13.1 Å². The highest BCUT2D eigenvalue weighted by Gasteiger charge is 2.30. The Kier molecular flexibility index (Phi) is 6.57. The van der Waals surface area contributed by atoms with Crippen LogP contribution in [0.3, 0.4) is 0 Å². The van der Waals surface area contributed by atoms with E-state index in [-0.39, 0.29) is 23.5 Å². The summed E-state index contributed by atoms with van der Waals surface area (Å²) in [6.45, 7) is 5.63. The van der Waals surface area contributed by atoms with Crippen molar-refractivity contribution in [1.82, 2.24) is 18.0 Å². The molecule has 0 saturated carbocycles. The van der Waals surface area contributed by atoms with E-state index in [2.05, 4.69) is 13.7 Å². The average Bonchev–Trinajstić information content (AvgIpc) is 3.35. The Hall–Kier alpha value is -3.60. The number of aromatic amines is 1. The second kappa shape index (κ2) is 9.70. The molecule has 2 heterocycles. The third kappa shape index (κ3) is 4.63. The predicted octanol–water partition coefficient (Wildman–Crippen LogP) is 4.86. The van der Waals surface area contributed by atoms with Gasteiger partial charge in [0.25, 0.3) is 5.56 Å². The SMILES string of the molecule is COc1ccc(CN(Cc2cc3ccc(C)c(C)c3[nH]c2=O)S(=O)(=O)c2c(C)ccc3nsnc23)cc1. The van der Waals surface area contributed by atoms with Crippen LogP contribution in [0.5, 0.6) is 5.75 Å². The first-order valence-electron chi connectivity index (χ1n) is 11.7. The van der Waals surface area contributed by atoms with Gasteiger partial charge in [0.1, 0.15) is 21.7 Å². The zero-order chi connectivity index (χ0) is 26.3. The van der Waals surface area contributed by atoms with Crippen LogP contribution in [-0.2, 0) is 23.1 Å². The molecule has 0 amide bonds. The van der Waals surface area contributed by atoms with Crippen LogP contribution < -0.4 is 10.3 Å². The van der Waals surface area contributed by atoms with E-state index >= 15 is 0 Å². The number of H-pyrrole nitrogens is 1. The summed E-state index contributed by atoms with van der Waals surface area (Å²) in [6, 6.07) is 16.4. The molecule has 0 atom stereocenters. The first-order valence-corrected chi connectivity index (χ1v) is 13.8. The summed E-state index contributed by atoms with van der Waals surface area (Å²) in [7, 11) is -2.50. The van der Waals surface area contributed by atoms with E-state index in [9.17, 15) is 13.2 Å². The highest BCUT2D eigenvalue weighted by atomic mass is 32.2. The molecule has 0 unspecified atom stereocenters. The van der Waals surface area contributed by atoms with Crippen molar-refractivity contribution in [3.8, 4) is 5.75 Å². The Labute approximate surface area is 218 Å². The second-order valence-electron chi connectivity index (χ2n) is 9.06. The van der Waals surface area contributed by atoms with Crippen molar-refractivity contribution < 1.29 is 13.2 Å². The van der Waals surface area contributed by atoms with Crippen molar-refractivity contribution in [2.45, 2.75) is 38.8 Å². The Balaban J connectivity index is 1.64. The van der Waals surface area contributed by atoms with Crippen molar-refractivity contribution in [1.29, 1.82) is 0 Å². The Morgan fingerprint density at radius 3 is 2.41 bits per heavy atom. The van der Waals surface area contributed by atoms with Gasteiger partial charge in [0.2, 0.25) is 10.0 Å². The molecule has 1 N–H and O–H groups in total. The largest absolute Gasteiger partial charge is 0.497 e. The lowest BCUT2D eigenvalue weighted by molar-refractivity contribution is 0.398. The van der Waals surface area contributed by atoms with Crippen molar-refractivity contribution >= 4 is 43.7 Å². The molecule has 10 heteroatoms. The summed E-state index contributed by atoms with van der Waals surface area (Å²) < 4.78 is 43.5. The molecule has 0 spiro atoms. The Morgan fingerprint density at radius 2 is 1.68 bits per heavy atom. The van der Waals surface area contributed by atoms with E-state index < -0.39 is 10.0 Å². The number of rotatable bonds is 7. The van der Waals surface area contributed by atoms with Crippen LogP contribution in [0.1, 0.15) is 27.8 Å². The molecule has 0 aliphatic heterocycles. The first-order chi connectivity index (χ1) is 17.7. The van der Waals surface area contributed by atoms with Gasteiger partial charge in [0.05, 0.1) is 24.4 Å². The number of hydrogen-bond acceptors (Lipinski definition) is 7. The van der Waals surface area contributed by atoms with Gasteiger partial charge < -0.3 is 9.72 Å². The first kappa shape index (κ1) is 25.1. The van der Waals surface area contributed by atoms with Crippen molar-refractivity contribution in [2.75, 3.05) is 7.11 Å². The van der Waals surface area contributed by atoms with Gasteiger partial charge in [-0.1, -0.05) is 30.3 Å². The molecule has 0 fully saturated rings. The molecule has 0 aliphatic carbocycles. The van der Waals surface area contributed by atoms with Gasteiger partial charge in [-0.25, -0.2) is 8.42 Å². The second-order valence-corrected chi connectivity index (χ2v) is 11.5. The average molecular weight is 535 g/mol. The maximum absolute atomic E-state index is 14.2. The molecule has 5 aromatic rings. The minimum atomic E-state index is -4.07. The van der Waals surface area contributed by atoms with Crippen LogP contribution in [0, 0.1) is 20.8 Å². The fourth-order valence-electron chi connectivity index (χ4n) is 4.42. The lowest BCUT2D eigenvalue weighted by Crippen LogP contribution is -2.33. The number of pyridine rings is 1. The molecule has 8 nitrogen and oxygen atoms in total. The number of hydrogen-bond donors (Lipinski definition) is 1. The van der Waals surface area contributed by atoms with Crippen LogP contribution in [0.4, 0.5) is 0 Å². The van der Waals surface area contributed by atoms with E-state index in [0.29, 0.717) is 27.9 Å². The van der Waals surface area contributed by atoms with E-state index in [4.69, 9.17) is 4.74 Å². The third-order valence-electron chi connectivity index (χ3n) is 6.67. The summed E-state index contributed by atoms with van der Waals surface area (Å²) in [4.78, 5) is 16.2. The maximum atomic E-state index is 14.2. The van der Waals surface area contributed by atoms with Gasteiger partial charge in [0, 0.05) is 18.7 Å². The normalized spacial score (nSPS) is 12.0. The number of nitrogens with zero attached hydrogens (tertiary/aromatic N) is 3. The van der Waals surface area contributed by atoms with Crippen molar-refractivity contribution in [3.05, 3.63) is 92.8 Å². The van der Waals surface area contributed by atoms with Gasteiger partial charge in [-0.15, -0.1) is 0 Å². The van der Waals surface area contributed by atoms with E-state index in [1.165, 1.54) is 4.31 Å². The Bertz CT molecular complexity index is 1790. The highest BCUT2D eigenvalue weighted by Crippen LogP contribution is 2.30. The highest BCUT2D eigenvalue weighted by molar-refractivity contribution is 7.89. The van der Waals surface area contributed by atoms with Gasteiger partial charge in [-0.05, 0) is 72.7 Å².